The number of aromatic nitrogens is 6. The molecule has 0 aliphatic heterocycles. The molecule has 0 amide bonds. The van der Waals surface area contributed by atoms with Gasteiger partial charge >= 0.3 is 6.18 Å². The van der Waals surface area contributed by atoms with E-state index in [1.54, 1.807) is 0 Å². The summed E-state index contributed by atoms with van der Waals surface area (Å²) in [5, 5.41) is 2.24. The van der Waals surface area contributed by atoms with Crippen molar-refractivity contribution >= 4 is 23.4 Å². The first-order chi connectivity index (χ1) is 9.39. The van der Waals surface area contributed by atoms with Crippen LogP contribution in [0.25, 0.3) is 17.0 Å². The SMILES string of the molecule is Cc1c(C(F)(F)F)[nH]n(-c2ncnc3nc[nH]c23)c1=S. The van der Waals surface area contributed by atoms with E-state index < -0.39 is 11.9 Å². The average Bonchev–Trinajstić information content (AvgIpc) is 2.95. The lowest BCUT2D eigenvalue weighted by atomic mass is 10.3. The van der Waals surface area contributed by atoms with Crippen LogP contribution in [0, 0.1) is 11.6 Å². The van der Waals surface area contributed by atoms with Crippen LogP contribution in [0.1, 0.15) is 11.3 Å². The number of rotatable bonds is 1. The molecule has 0 saturated carbocycles. The molecule has 0 bridgehead atoms. The third-order valence-corrected chi connectivity index (χ3v) is 3.31. The van der Waals surface area contributed by atoms with Crippen LogP contribution >= 0.6 is 12.2 Å². The molecular weight excluding hydrogens is 293 g/mol. The second-order valence-corrected chi connectivity index (χ2v) is 4.44. The van der Waals surface area contributed by atoms with Crippen LogP contribution in [-0.4, -0.2) is 29.7 Å². The molecular formula is C10H7F3N6S. The van der Waals surface area contributed by atoms with Crippen molar-refractivity contribution in [1.29, 1.82) is 0 Å². The van der Waals surface area contributed by atoms with Gasteiger partial charge in [0.1, 0.15) is 22.2 Å². The van der Waals surface area contributed by atoms with Crippen LogP contribution in [0.3, 0.4) is 0 Å². The number of hydrogen-bond acceptors (Lipinski definition) is 4. The first-order valence-electron chi connectivity index (χ1n) is 5.43. The molecule has 0 atom stereocenters. The zero-order valence-corrected chi connectivity index (χ0v) is 10.8. The maximum atomic E-state index is 12.9. The molecule has 20 heavy (non-hydrogen) atoms. The van der Waals surface area contributed by atoms with E-state index in [9.17, 15) is 13.2 Å². The number of imidazole rings is 1. The molecule has 0 radical (unpaired) electrons. The summed E-state index contributed by atoms with van der Waals surface area (Å²) >= 11 is 5.04. The number of alkyl halides is 3. The molecule has 3 rings (SSSR count). The second-order valence-electron chi connectivity index (χ2n) is 4.05. The minimum atomic E-state index is -4.51. The van der Waals surface area contributed by atoms with Crippen molar-refractivity contribution in [3.63, 3.8) is 0 Å². The van der Waals surface area contributed by atoms with Gasteiger partial charge in [0.2, 0.25) is 0 Å². The Bertz CT molecular complexity index is 843. The third kappa shape index (κ3) is 1.80. The highest BCUT2D eigenvalue weighted by molar-refractivity contribution is 7.71. The molecule has 0 aromatic carbocycles. The van der Waals surface area contributed by atoms with Gasteiger partial charge in [0.25, 0.3) is 0 Å². The summed E-state index contributed by atoms with van der Waals surface area (Å²) in [4.78, 5) is 14.6. The molecule has 0 aliphatic carbocycles. The number of halogens is 3. The van der Waals surface area contributed by atoms with Gasteiger partial charge in [0, 0.05) is 5.56 Å². The van der Waals surface area contributed by atoms with Gasteiger partial charge in [-0.1, -0.05) is 12.2 Å². The Morgan fingerprint density at radius 3 is 2.65 bits per heavy atom. The van der Waals surface area contributed by atoms with Crippen LogP contribution in [0.15, 0.2) is 12.7 Å². The maximum absolute atomic E-state index is 12.9. The fraction of sp³-hybridized carbons (Fsp3) is 0.200. The van der Waals surface area contributed by atoms with Gasteiger partial charge in [0.05, 0.1) is 6.33 Å². The molecule has 0 spiro atoms. The van der Waals surface area contributed by atoms with E-state index in [-0.39, 0.29) is 16.0 Å². The summed E-state index contributed by atoms with van der Waals surface area (Å²) in [5.74, 6) is 0.191. The Hall–Kier alpha value is -2.23. The first kappa shape index (κ1) is 12.8. The van der Waals surface area contributed by atoms with Crippen LogP contribution in [0.5, 0.6) is 0 Å². The zero-order chi connectivity index (χ0) is 14.5. The van der Waals surface area contributed by atoms with Crippen LogP contribution < -0.4 is 0 Å². The minimum absolute atomic E-state index is 0.00641. The first-order valence-corrected chi connectivity index (χ1v) is 5.83. The fourth-order valence-corrected chi connectivity index (χ4v) is 2.10. The van der Waals surface area contributed by atoms with E-state index in [1.165, 1.54) is 19.6 Å². The van der Waals surface area contributed by atoms with E-state index in [0.717, 1.165) is 4.68 Å². The van der Waals surface area contributed by atoms with Gasteiger partial charge in [-0.2, -0.15) is 13.2 Å². The predicted octanol–water partition coefficient (Wildman–Crippen LogP) is 2.53. The Kier molecular flexibility index (Phi) is 2.64. The van der Waals surface area contributed by atoms with Gasteiger partial charge < -0.3 is 4.98 Å². The summed E-state index contributed by atoms with van der Waals surface area (Å²) in [6.45, 7) is 1.31. The lowest BCUT2D eigenvalue weighted by molar-refractivity contribution is -0.141. The molecule has 0 fully saturated rings. The summed E-state index contributed by atoms with van der Waals surface area (Å²) in [6, 6.07) is 0. The molecule has 3 heterocycles. The average molecular weight is 300 g/mol. The largest absolute Gasteiger partial charge is 0.433 e. The van der Waals surface area contributed by atoms with E-state index in [1.807, 2.05) is 0 Å². The standard InChI is InChI=1S/C10H7F3N6S/c1-4-6(10(11,12)13)18-19(9(4)20)8-5-7(15-2-14-5)16-3-17-8/h2-3,18H,1H3,(H,14,15,16,17). The van der Waals surface area contributed by atoms with Gasteiger partial charge in [0.15, 0.2) is 11.5 Å². The lowest BCUT2D eigenvalue weighted by Gasteiger charge is -2.05. The minimum Gasteiger partial charge on any atom is -0.340 e. The Morgan fingerprint density at radius 1 is 1.25 bits per heavy atom. The number of fused-ring (bicyclic) bond motifs is 1. The highest BCUT2D eigenvalue weighted by atomic mass is 32.1. The molecule has 0 aliphatic rings. The molecule has 0 unspecified atom stereocenters. The monoisotopic (exact) mass is 300 g/mol. The van der Waals surface area contributed by atoms with Gasteiger partial charge in [-0.3, -0.25) is 5.10 Å². The highest BCUT2D eigenvalue weighted by Crippen LogP contribution is 2.31. The van der Waals surface area contributed by atoms with Gasteiger partial charge in [-0.25, -0.2) is 19.6 Å². The Morgan fingerprint density at radius 2 is 2.00 bits per heavy atom. The number of nitrogens with zero attached hydrogens (tertiary/aromatic N) is 4. The summed E-state index contributed by atoms with van der Waals surface area (Å²) < 4.78 is 39.7. The fourth-order valence-electron chi connectivity index (χ4n) is 1.87. The number of hydrogen-bond donors (Lipinski definition) is 2. The summed E-state index contributed by atoms with van der Waals surface area (Å²) in [6.07, 6.45) is -1.92. The van der Waals surface area contributed by atoms with E-state index in [2.05, 4.69) is 25.0 Å². The molecule has 10 heteroatoms. The Balaban J connectivity index is 2.31. The second kappa shape index (κ2) is 4.13. The van der Waals surface area contributed by atoms with Crippen LogP contribution in [0.4, 0.5) is 13.2 Å². The molecule has 3 aromatic rings. The number of H-pyrrole nitrogens is 2. The van der Waals surface area contributed by atoms with Crippen LogP contribution in [-0.2, 0) is 6.18 Å². The van der Waals surface area contributed by atoms with E-state index in [4.69, 9.17) is 12.2 Å². The van der Waals surface area contributed by atoms with Crippen molar-refractivity contribution in [3.8, 4) is 5.82 Å². The molecule has 3 aromatic heterocycles. The van der Waals surface area contributed by atoms with Crippen LogP contribution in [0.2, 0.25) is 0 Å². The molecule has 104 valence electrons. The van der Waals surface area contributed by atoms with Crippen molar-refractivity contribution in [2.24, 2.45) is 0 Å². The highest BCUT2D eigenvalue weighted by Gasteiger charge is 2.36. The summed E-state index contributed by atoms with van der Waals surface area (Å²) in [7, 11) is 0. The zero-order valence-electron chi connectivity index (χ0n) is 9.99. The molecule has 6 nitrogen and oxygen atoms in total. The normalized spacial score (nSPS) is 12.2. The van der Waals surface area contributed by atoms with Crippen molar-refractivity contribution in [3.05, 3.63) is 28.6 Å². The quantitative estimate of drug-likeness (QED) is 0.677. The smallest absolute Gasteiger partial charge is 0.340 e. The lowest BCUT2D eigenvalue weighted by Crippen LogP contribution is -2.09. The predicted molar refractivity (Wildman–Crippen MR) is 65.9 cm³/mol. The topological polar surface area (TPSA) is 75.2 Å². The van der Waals surface area contributed by atoms with E-state index in [0.29, 0.717) is 11.2 Å². The molecule has 0 saturated heterocycles. The van der Waals surface area contributed by atoms with E-state index >= 15 is 0 Å². The number of aromatic amines is 2. The van der Waals surface area contributed by atoms with Crippen molar-refractivity contribution < 1.29 is 13.2 Å². The third-order valence-electron chi connectivity index (χ3n) is 2.82. The van der Waals surface area contributed by atoms with Gasteiger partial charge in [-0.15, -0.1) is 0 Å². The van der Waals surface area contributed by atoms with Crippen molar-refractivity contribution in [1.82, 2.24) is 29.7 Å². The summed E-state index contributed by atoms with van der Waals surface area (Å²) in [5.41, 5.74) is -0.205. The number of nitrogens with one attached hydrogen (secondary N) is 2. The maximum Gasteiger partial charge on any atom is 0.433 e. The van der Waals surface area contributed by atoms with Crippen molar-refractivity contribution in [2.75, 3.05) is 0 Å². The Labute approximate surface area is 114 Å². The molecule has 2 N–H and O–H groups in total. The van der Waals surface area contributed by atoms with Gasteiger partial charge in [-0.05, 0) is 6.92 Å². The van der Waals surface area contributed by atoms with Crippen molar-refractivity contribution in [2.45, 2.75) is 13.1 Å².